The molecule has 1 amide bonds. The average molecular weight is 339 g/mol. The summed E-state index contributed by atoms with van der Waals surface area (Å²) in [5, 5.41) is 2.55. The van der Waals surface area contributed by atoms with Crippen LogP contribution in [0.25, 0.3) is 0 Å². The number of amides is 1. The Kier molecular flexibility index (Phi) is 7.56. The van der Waals surface area contributed by atoms with Gasteiger partial charge in [0.15, 0.2) is 0 Å². The fraction of sp³-hybridized carbons (Fsp3) is 0.467. The Labute approximate surface area is 138 Å². The molecule has 0 fully saturated rings. The summed E-state index contributed by atoms with van der Waals surface area (Å²) in [5.41, 5.74) is -0.646. The zero-order chi connectivity index (χ0) is 17.3. The largest absolute Gasteiger partial charge is 0.514 e. The molecule has 1 aromatic carbocycles. The van der Waals surface area contributed by atoms with E-state index in [9.17, 15) is 9.59 Å². The third-order valence-electron chi connectivity index (χ3n) is 2.16. The molecule has 0 aliphatic rings. The Morgan fingerprint density at radius 3 is 2.43 bits per heavy atom. The summed E-state index contributed by atoms with van der Waals surface area (Å²) in [7, 11) is 0.176. The van der Waals surface area contributed by atoms with Crippen LogP contribution in [0.2, 0.25) is 0 Å². The minimum Gasteiger partial charge on any atom is -0.428 e. The van der Waals surface area contributed by atoms with Gasteiger partial charge in [0.05, 0.1) is 0 Å². The highest BCUT2D eigenvalue weighted by Crippen LogP contribution is 2.20. The number of carbonyl (C=O) groups excluding carboxylic acids is 2. The van der Waals surface area contributed by atoms with Crippen LogP contribution in [-0.4, -0.2) is 40.4 Å². The molecule has 0 bridgehead atoms. The Bertz CT molecular complexity index is 529. The standard InChI is InChI=1S/C15H21NO6Si/c1-5-19-23-10-16-13(17)20-11-7-6-8-12(9-11)21-14(18)22-15(2,3)4/h6-9H,5,10H2,1-4H3,(H,16,17). The van der Waals surface area contributed by atoms with Gasteiger partial charge in [-0.3, -0.25) is 0 Å². The van der Waals surface area contributed by atoms with Gasteiger partial charge in [-0.05, 0) is 39.8 Å². The monoisotopic (exact) mass is 339 g/mol. The fourth-order valence-electron chi connectivity index (χ4n) is 1.37. The molecule has 0 aliphatic heterocycles. The number of carbonyl (C=O) groups is 2. The van der Waals surface area contributed by atoms with Crippen LogP contribution < -0.4 is 14.8 Å². The molecule has 1 aromatic rings. The lowest BCUT2D eigenvalue weighted by Gasteiger charge is -2.18. The van der Waals surface area contributed by atoms with E-state index in [4.69, 9.17) is 18.6 Å². The van der Waals surface area contributed by atoms with Crippen molar-refractivity contribution in [1.29, 1.82) is 0 Å². The number of nitrogens with one attached hydrogen (secondary N) is 1. The molecule has 0 saturated carbocycles. The first-order valence-corrected chi connectivity index (χ1v) is 8.23. The summed E-state index contributed by atoms with van der Waals surface area (Å²) >= 11 is 0. The first kappa shape index (κ1) is 19.0. The summed E-state index contributed by atoms with van der Waals surface area (Å²) in [6, 6.07) is 6.16. The SMILES string of the molecule is CCO[Si]CNC(=O)Oc1cccc(OC(=O)OC(C)(C)C)c1. The maximum Gasteiger partial charge on any atom is 0.514 e. The van der Waals surface area contributed by atoms with Crippen LogP contribution in [0.1, 0.15) is 27.7 Å². The van der Waals surface area contributed by atoms with E-state index in [2.05, 4.69) is 5.32 Å². The second-order valence-corrected chi connectivity index (χ2v) is 6.29. The Morgan fingerprint density at radius 1 is 1.17 bits per heavy atom. The second kappa shape index (κ2) is 9.16. The van der Waals surface area contributed by atoms with Crippen molar-refractivity contribution in [2.75, 3.05) is 12.8 Å². The van der Waals surface area contributed by atoms with Crippen molar-refractivity contribution in [3.05, 3.63) is 24.3 Å². The van der Waals surface area contributed by atoms with Gasteiger partial charge in [0.2, 0.25) is 0 Å². The lowest BCUT2D eigenvalue weighted by Crippen LogP contribution is -2.31. The number of hydrogen-bond donors (Lipinski definition) is 1. The van der Waals surface area contributed by atoms with E-state index in [1.165, 1.54) is 6.07 Å². The molecule has 1 rings (SSSR count). The minimum atomic E-state index is -0.822. The maximum atomic E-state index is 11.6. The van der Waals surface area contributed by atoms with Gasteiger partial charge in [-0.25, -0.2) is 9.59 Å². The van der Waals surface area contributed by atoms with Crippen molar-refractivity contribution in [2.45, 2.75) is 33.3 Å². The van der Waals surface area contributed by atoms with Crippen molar-refractivity contribution in [2.24, 2.45) is 0 Å². The lowest BCUT2D eigenvalue weighted by molar-refractivity contribution is 0.0206. The molecule has 2 radical (unpaired) electrons. The van der Waals surface area contributed by atoms with Crippen molar-refractivity contribution in [1.82, 2.24) is 5.32 Å². The molecule has 0 aliphatic carbocycles. The van der Waals surface area contributed by atoms with Gasteiger partial charge >= 0.3 is 12.2 Å². The number of rotatable bonds is 6. The highest BCUT2D eigenvalue weighted by atomic mass is 28.2. The number of benzene rings is 1. The zero-order valence-corrected chi connectivity index (χ0v) is 14.7. The minimum absolute atomic E-state index is 0.176. The number of hydrogen-bond acceptors (Lipinski definition) is 6. The molecule has 1 N–H and O–H groups in total. The third kappa shape index (κ3) is 8.84. The number of ether oxygens (including phenoxy) is 3. The van der Waals surface area contributed by atoms with E-state index < -0.39 is 17.8 Å². The van der Waals surface area contributed by atoms with Gasteiger partial charge < -0.3 is 24.0 Å². The van der Waals surface area contributed by atoms with E-state index in [1.807, 2.05) is 6.92 Å². The molecule has 8 heteroatoms. The Balaban J connectivity index is 2.50. The average Bonchev–Trinajstić information content (AvgIpc) is 2.42. The van der Waals surface area contributed by atoms with Gasteiger partial charge in [-0.15, -0.1) is 0 Å². The van der Waals surface area contributed by atoms with Crippen molar-refractivity contribution >= 4 is 22.0 Å². The molecular weight excluding hydrogens is 318 g/mol. The predicted molar refractivity (Wildman–Crippen MR) is 84.7 cm³/mol. The van der Waals surface area contributed by atoms with Crippen LogP contribution in [0.15, 0.2) is 24.3 Å². The van der Waals surface area contributed by atoms with Crippen LogP contribution in [0.3, 0.4) is 0 Å². The van der Waals surface area contributed by atoms with Crippen molar-refractivity contribution in [3.63, 3.8) is 0 Å². The predicted octanol–water partition coefficient (Wildman–Crippen LogP) is 2.70. The first-order valence-electron chi connectivity index (χ1n) is 7.11. The van der Waals surface area contributed by atoms with E-state index in [-0.39, 0.29) is 21.3 Å². The van der Waals surface area contributed by atoms with Gasteiger partial charge in [0.25, 0.3) is 9.76 Å². The van der Waals surface area contributed by atoms with E-state index in [0.29, 0.717) is 12.8 Å². The summed E-state index contributed by atoms with van der Waals surface area (Å²) < 4.78 is 20.3. The van der Waals surface area contributed by atoms with Crippen molar-refractivity contribution < 1.29 is 28.2 Å². The van der Waals surface area contributed by atoms with Crippen LogP contribution in [0.5, 0.6) is 11.5 Å². The first-order chi connectivity index (χ1) is 10.8. The van der Waals surface area contributed by atoms with Gasteiger partial charge in [0.1, 0.15) is 17.1 Å². The molecule has 0 atom stereocenters. The summed E-state index contributed by atoms with van der Waals surface area (Å²) in [6.45, 7) is 7.68. The summed E-state index contributed by atoms with van der Waals surface area (Å²) in [5.74, 6) is 0.476. The normalized spacial score (nSPS) is 10.8. The Hall–Kier alpha value is -2.06. The molecule has 0 spiro atoms. The van der Waals surface area contributed by atoms with Gasteiger partial charge in [-0.1, -0.05) is 6.07 Å². The third-order valence-corrected chi connectivity index (χ3v) is 2.97. The van der Waals surface area contributed by atoms with E-state index in [0.717, 1.165) is 0 Å². The molecule has 0 aromatic heterocycles. The fourth-order valence-corrected chi connectivity index (χ4v) is 1.90. The molecule has 23 heavy (non-hydrogen) atoms. The second-order valence-electron chi connectivity index (χ2n) is 5.36. The lowest BCUT2D eigenvalue weighted by atomic mass is 10.2. The molecular formula is C15H21NO6Si. The smallest absolute Gasteiger partial charge is 0.428 e. The Morgan fingerprint density at radius 2 is 1.83 bits per heavy atom. The zero-order valence-electron chi connectivity index (χ0n) is 13.7. The summed E-state index contributed by atoms with van der Waals surface area (Å²) in [6.07, 6.45) is -1.05. The topological polar surface area (TPSA) is 83.1 Å². The van der Waals surface area contributed by atoms with Crippen LogP contribution in [0, 0.1) is 0 Å². The molecule has 7 nitrogen and oxygen atoms in total. The maximum absolute atomic E-state index is 11.6. The molecule has 0 unspecified atom stereocenters. The quantitative estimate of drug-likeness (QED) is 0.371. The molecule has 0 saturated heterocycles. The van der Waals surface area contributed by atoms with Crippen molar-refractivity contribution in [3.8, 4) is 11.5 Å². The van der Waals surface area contributed by atoms with Crippen LogP contribution in [0.4, 0.5) is 9.59 Å². The van der Waals surface area contributed by atoms with Crippen LogP contribution in [-0.2, 0) is 9.16 Å². The molecule has 126 valence electrons. The van der Waals surface area contributed by atoms with Gasteiger partial charge in [0, 0.05) is 18.8 Å². The van der Waals surface area contributed by atoms with Gasteiger partial charge in [-0.2, -0.15) is 0 Å². The highest BCUT2D eigenvalue weighted by molar-refractivity contribution is 6.27. The highest BCUT2D eigenvalue weighted by Gasteiger charge is 2.18. The molecule has 0 heterocycles. The van der Waals surface area contributed by atoms with Crippen LogP contribution >= 0.6 is 0 Å². The van der Waals surface area contributed by atoms with E-state index in [1.54, 1.807) is 39.0 Å². The van der Waals surface area contributed by atoms with E-state index >= 15 is 0 Å². The summed E-state index contributed by atoms with van der Waals surface area (Å²) in [4.78, 5) is 23.2.